The molecular weight excluding hydrogens is 763 g/mol. The molecule has 0 aliphatic carbocycles. The van der Waals surface area contributed by atoms with Crippen LogP contribution in [0.15, 0.2) is 210 Å². The van der Waals surface area contributed by atoms with Gasteiger partial charge in [-0.1, -0.05) is 151 Å². The number of benzene rings is 8. The number of hydrogen-bond acceptors (Lipinski definition) is 4. The fourth-order valence-electron chi connectivity index (χ4n) is 9.68. The van der Waals surface area contributed by atoms with Crippen molar-refractivity contribution in [2.24, 2.45) is 4.99 Å². The quantitative estimate of drug-likeness (QED) is 0.193. The highest BCUT2D eigenvalue weighted by Gasteiger charge is 2.33. The van der Waals surface area contributed by atoms with Crippen molar-refractivity contribution in [3.8, 4) is 16.8 Å². The molecule has 0 saturated heterocycles. The van der Waals surface area contributed by atoms with Crippen LogP contribution in [0.4, 0.5) is 0 Å². The molecule has 1 atom stereocenters. The first-order chi connectivity index (χ1) is 30.2. The minimum atomic E-state index is -0.0288. The maximum atomic E-state index is 5.55. The Morgan fingerprint density at radius 1 is 0.492 bits per heavy atom. The third kappa shape index (κ3) is 5.29. The monoisotopic (exact) mass is 797 g/mol. The van der Waals surface area contributed by atoms with Crippen molar-refractivity contribution in [2.75, 3.05) is 0 Å². The maximum absolute atomic E-state index is 5.55. The van der Waals surface area contributed by atoms with Gasteiger partial charge < -0.3 is 9.88 Å². The third-order valence-corrected chi connectivity index (χ3v) is 13.7. The molecule has 0 spiro atoms. The summed E-state index contributed by atoms with van der Waals surface area (Å²) in [5.74, 6) is 0.814. The minimum absolute atomic E-state index is 0.0288. The minimum Gasteiger partial charge on any atom is -0.344 e. The van der Waals surface area contributed by atoms with Gasteiger partial charge in [-0.3, -0.25) is 9.55 Å². The number of nitrogens with zero attached hydrogens (tertiary/aromatic N) is 4. The highest BCUT2D eigenvalue weighted by molar-refractivity contribution is 8.12. The summed E-state index contributed by atoms with van der Waals surface area (Å²) in [7, 11) is 0. The van der Waals surface area contributed by atoms with Crippen LogP contribution in [0.2, 0.25) is 0 Å². The van der Waals surface area contributed by atoms with E-state index in [1.54, 1.807) is 0 Å². The van der Waals surface area contributed by atoms with Crippen LogP contribution in [0, 0.1) is 0 Å². The van der Waals surface area contributed by atoms with Crippen LogP contribution >= 0.6 is 11.8 Å². The van der Waals surface area contributed by atoms with Crippen molar-refractivity contribution in [3.63, 3.8) is 0 Å². The van der Waals surface area contributed by atoms with Crippen molar-refractivity contribution in [1.82, 2.24) is 19.4 Å². The van der Waals surface area contributed by atoms with Crippen LogP contribution < -0.4 is 5.32 Å². The summed E-state index contributed by atoms with van der Waals surface area (Å²) >= 11 is 1.82. The Labute approximate surface area is 355 Å². The lowest BCUT2D eigenvalue weighted by atomic mass is 9.98. The van der Waals surface area contributed by atoms with Gasteiger partial charge in [-0.2, -0.15) is 0 Å². The van der Waals surface area contributed by atoms with Gasteiger partial charge in [0.1, 0.15) is 0 Å². The highest BCUT2D eigenvalue weighted by Crippen LogP contribution is 2.48. The van der Waals surface area contributed by atoms with Gasteiger partial charge in [-0.25, -0.2) is 4.99 Å². The Bertz CT molecular complexity index is 3690. The van der Waals surface area contributed by atoms with Crippen LogP contribution in [0.5, 0.6) is 0 Å². The number of thioether (sulfide) groups is 1. The van der Waals surface area contributed by atoms with Gasteiger partial charge in [0.15, 0.2) is 0 Å². The van der Waals surface area contributed by atoms with Crippen LogP contribution in [0.3, 0.4) is 0 Å². The van der Waals surface area contributed by atoms with Gasteiger partial charge in [-0.15, -0.1) is 0 Å². The fourth-order valence-corrected chi connectivity index (χ4v) is 10.9. The number of rotatable bonds is 4. The molecule has 6 heteroatoms. The number of fused-ring (bicyclic) bond motifs is 10. The molecule has 2 aliphatic rings. The van der Waals surface area contributed by atoms with Gasteiger partial charge in [0.05, 0.1) is 33.8 Å². The summed E-state index contributed by atoms with van der Waals surface area (Å²) in [6.45, 7) is 0. The van der Waals surface area contributed by atoms with E-state index in [0.717, 1.165) is 39.5 Å². The number of para-hydroxylation sites is 1. The molecule has 3 aromatic heterocycles. The largest absolute Gasteiger partial charge is 0.344 e. The molecule has 286 valence electrons. The van der Waals surface area contributed by atoms with E-state index in [0.29, 0.717) is 0 Å². The van der Waals surface area contributed by atoms with E-state index in [4.69, 9.17) is 4.99 Å². The zero-order valence-corrected chi connectivity index (χ0v) is 33.6. The van der Waals surface area contributed by atoms with Crippen molar-refractivity contribution in [1.29, 1.82) is 0 Å². The Hall–Kier alpha value is -7.67. The molecule has 11 aromatic rings. The molecule has 0 amide bonds. The number of aliphatic imine (C=N–C) groups is 1. The molecule has 2 aliphatic heterocycles. The van der Waals surface area contributed by atoms with E-state index in [1.807, 2.05) is 24.2 Å². The second-order valence-corrected chi connectivity index (χ2v) is 16.9. The summed E-state index contributed by atoms with van der Waals surface area (Å²) in [4.78, 5) is 12.4. The summed E-state index contributed by atoms with van der Waals surface area (Å²) in [5.41, 5.74) is 11.3. The molecule has 5 nitrogen and oxygen atoms in total. The standard InChI is InChI=1S/C55H35N5S/c1-3-13-35(14-4-1)50-33-46-54(61-50)52(36-15-5-2-6-16-36)58-55(57-46)60-47-24-23-39(31-44(47)45-30-37-17-7-8-18-38(37)32-49(45)60)42-20-11-21-43-51-41-19-10-9-12-34(41)22-25-48(51)59(53(42)43)40-26-28-56-29-27-40/h1-33,46H,(H,57,58). The number of pyridine rings is 1. The van der Waals surface area contributed by atoms with E-state index in [9.17, 15) is 0 Å². The zero-order valence-electron chi connectivity index (χ0n) is 32.8. The summed E-state index contributed by atoms with van der Waals surface area (Å²) in [6, 6.07) is 65.8. The number of nitrogens with one attached hydrogen (secondary N) is 1. The molecule has 1 N–H and O–H groups in total. The van der Waals surface area contributed by atoms with Crippen LogP contribution in [-0.2, 0) is 0 Å². The van der Waals surface area contributed by atoms with Crippen LogP contribution in [-0.4, -0.2) is 26.1 Å². The van der Waals surface area contributed by atoms with Crippen molar-refractivity contribution in [2.45, 2.75) is 6.04 Å². The Morgan fingerprint density at radius 3 is 2.00 bits per heavy atom. The van der Waals surface area contributed by atoms with Gasteiger partial charge in [0.2, 0.25) is 5.96 Å². The van der Waals surface area contributed by atoms with E-state index in [2.05, 4.69) is 208 Å². The van der Waals surface area contributed by atoms with E-state index in [-0.39, 0.29) is 6.04 Å². The van der Waals surface area contributed by atoms with Gasteiger partial charge >= 0.3 is 0 Å². The molecule has 61 heavy (non-hydrogen) atoms. The molecule has 0 radical (unpaired) electrons. The highest BCUT2D eigenvalue weighted by atomic mass is 32.2. The normalized spacial score (nSPS) is 15.2. The second kappa shape index (κ2) is 13.4. The Balaban J connectivity index is 1.06. The molecule has 8 aromatic carbocycles. The average Bonchev–Trinajstić information content (AvgIpc) is 4.01. The molecule has 0 saturated carbocycles. The second-order valence-electron chi connectivity index (χ2n) is 15.8. The lowest BCUT2D eigenvalue weighted by molar-refractivity contribution is 0.835. The van der Waals surface area contributed by atoms with Crippen molar-refractivity contribution < 1.29 is 0 Å². The first-order valence-electron chi connectivity index (χ1n) is 20.7. The van der Waals surface area contributed by atoms with E-state index >= 15 is 0 Å². The molecule has 1 unspecified atom stereocenters. The van der Waals surface area contributed by atoms with Crippen LogP contribution in [0.25, 0.3) is 92.6 Å². The zero-order chi connectivity index (χ0) is 40.0. The molecule has 5 heterocycles. The SMILES string of the molecule is C1=C(c2ccccc2)SC2=C(c3ccccc3)N=C(n3c4ccc(-c5cccc6c7c8ccccc8ccc7n(-c7ccncc7)c56)cc4c4cc5ccccc5cc43)NC12. The maximum Gasteiger partial charge on any atom is 0.209 e. The lowest BCUT2D eigenvalue weighted by Gasteiger charge is -2.25. The third-order valence-electron chi connectivity index (χ3n) is 12.4. The first kappa shape index (κ1) is 34.2. The average molecular weight is 798 g/mol. The van der Waals surface area contributed by atoms with Crippen LogP contribution in [0.1, 0.15) is 11.1 Å². The van der Waals surface area contributed by atoms with E-state index < -0.39 is 0 Å². The smallest absolute Gasteiger partial charge is 0.209 e. The summed E-state index contributed by atoms with van der Waals surface area (Å²) in [6.07, 6.45) is 6.13. The van der Waals surface area contributed by atoms with Crippen molar-refractivity contribution in [3.05, 3.63) is 216 Å². The summed E-state index contributed by atoms with van der Waals surface area (Å²) < 4.78 is 4.77. The number of aromatic nitrogens is 3. The van der Waals surface area contributed by atoms with Crippen molar-refractivity contribution >= 4 is 93.5 Å². The van der Waals surface area contributed by atoms with Gasteiger partial charge in [0.25, 0.3) is 0 Å². The Kier molecular flexibility index (Phi) is 7.53. The van der Waals surface area contributed by atoms with Gasteiger partial charge in [0, 0.05) is 60.6 Å². The predicted molar refractivity (Wildman–Crippen MR) is 257 cm³/mol. The topological polar surface area (TPSA) is 47.1 Å². The first-order valence-corrected chi connectivity index (χ1v) is 21.5. The molecular formula is C55H35N5S. The fraction of sp³-hybridized carbons (Fsp3) is 0.0182. The predicted octanol–water partition coefficient (Wildman–Crippen LogP) is 13.6. The molecule has 13 rings (SSSR count). The molecule has 0 fully saturated rings. The van der Waals surface area contributed by atoms with Gasteiger partial charge in [-0.05, 0) is 81.2 Å². The number of hydrogen-bond donors (Lipinski definition) is 1. The lowest BCUT2D eigenvalue weighted by Crippen LogP contribution is -2.40. The summed E-state index contributed by atoms with van der Waals surface area (Å²) in [5, 5.41) is 13.6. The van der Waals surface area contributed by atoms with E-state index in [1.165, 1.54) is 75.1 Å². The molecule has 0 bridgehead atoms. The Morgan fingerprint density at radius 2 is 1.18 bits per heavy atom.